The number of thiazole rings is 1. The van der Waals surface area contributed by atoms with Crippen molar-refractivity contribution in [3.05, 3.63) is 112 Å². The molecule has 8 atom stereocenters. The molecule has 1 saturated heterocycles. The molecule has 2 aliphatic carbocycles. The van der Waals surface area contributed by atoms with Crippen LogP contribution in [-0.4, -0.2) is 174 Å². The van der Waals surface area contributed by atoms with Gasteiger partial charge < -0.3 is 43.7 Å². The van der Waals surface area contributed by atoms with Crippen LogP contribution in [0, 0.1) is 23.7 Å². The molecule has 0 unspecified atom stereocenters. The summed E-state index contributed by atoms with van der Waals surface area (Å²) in [7, 11) is 5.59. The van der Waals surface area contributed by atoms with Crippen LogP contribution in [0.4, 0.5) is 0 Å². The Labute approximate surface area is 550 Å². The molecule has 504 valence electrons. The normalized spacial score (nSPS) is 23.3. The monoisotopic (exact) mass is 1300 g/mol. The topological polar surface area (TPSA) is 255 Å². The van der Waals surface area contributed by atoms with E-state index >= 15 is 9.59 Å². The zero-order valence-corrected chi connectivity index (χ0v) is 57.3. The van der Waals surface area contributed by atoms with Crippen molar-refractivity contribution in [1.82, 2.24) is 44.1 Å². The molecule has 93 heavy (non-hydrogen) atoms. The third-order valence-electron chi connectivity index (χ3n) is 17.5. The molecule has 3 fully saturated rings. The minimum absolute atomic E-state index is 0.0599. The molecular weight excluding hydrogens is 1210 g/mol. The van der Waals surface area contributed by atoms with Crippen molar-refractivity contribution in [3.8, 4) is 10.7 Å². The van der Waals surface area contributed by atoms with Gasteiger partial charge in [-0.05, 0) is 123 Å². The van der Waals surface area contributed by atoms with E-state index in [1.807, 2.05) is 97.2 Å². The van der Waals surface area contributed by atoms with Crippen LogP contribution in [0.5, 0.6) is 0 Å². The number of benzene rings is 2. The summed E-state index contributed by atoms with van der Waals surface area (Å²) in [5.74, 6) is -6.58. The van der Waals surface area contributed by atoms with Crippen molar-refractivity contribution < 1.29 is 62.4 Å². The number of likely N-dealkylation sites (N-methyl/N-ethyl adjacent to an activating group) is 4. The maximum Gasteiger partial charge on any atom is 0.329 e. The number of amides is 4. The number of carbonyl (C=O) groups is 8. The first kappa shape index (κ1) is 71.1. The molecule has 22 nitrogen and oxygen atoms in total. The zero-order chi connectivity index (χ0) is 67.7. The third kappa shape index (κ3) is 18.5. The van der Waals surface area contributed by atoms with E-state index < -0.39 is 96.1 Å². The quantitative estimate of drug-likeness (QED) is 0.0566. The number of aliphatic hydroxyl groups is 1. The van der Waals surface area contributed by atoms with Gasteiger partial charge in [0.25, 0.3) is 23.6 Å². The molecule has 0 bridgehead atoms. The summed E-state index contributed by atoms with van der Waals surface area (Å²) in [5.41, 5.74) is 6.54. The predicted molar refractivity (Wildman–Crippen MR) is 349 cm³/mol. The fourth-order valence-electron chi connectivity index (χ4n) is 11.9. The highest BCUT2D eigenvalue weighted by atomic mass is 32.1. The molecule has 4 amide bonds. The number of carbonyl (C=O) groups excluding carboxylic acids is 8. The van der Waals surface area contributed by atoms with Crippen LogP contribution in [0.15, 0.2) is 72.2 Å². The number of cyclic esters (lactones) is 4. The Morgan fingerprint density at radius 3 is 1.24 bits per heavy atom. The highest BCUT2D eigenvalue weighted by Crippen LogP contribution is 2.45. The Morgan fingerprint density at radius 2 is 0.871 bits per heavy atom. The second-order valence-electron chi connectivity index (χ2n) is 27.3. The summed E-state index contributed by atoms with van der Waals surface area (Å²) < 4.78 is 28.3. The van der Waals surface area contributed by atoms with E-state index in [1.54, 1.807) is 29.1 Å². The molecular formula is C70H95N9O13S. The van der Waals surface area contributed by atoms with Crippen molar-refractivity contribution in [2.45, 2.75) is 214 Å². The Bertz CT molecular complexity index is 3390. The molecule has 8 rings (SSSR count). The molecule has 3 aromatic heterocycles. The number of aliphatic hydroxyl groups excluding tert-OH is 1. The first-order valence-corrected chi connectivity index (χ1v) is 33.7. The highest BCUT2D eigenvalue weighted by Gasteiger charge is 2.43. The first-order chi connectivity index (χ1) is 44.1. The second kappa shape index (κ2) is 31.4. The molecule has 0 spiro atoms. The maximum atomic E-state index is 15.2. The first-order valence-electron chi connectivity index (χ1n) is 32.8. The number of nitrogens with zero attached hydrogens (tertiary/aromatic N) is 9. The number of esters is 4. The highest BCUT2D eigenvalue weighted by molar-refractivity contribution is 7.13. The molecule has 0 radical (unpaired) electrons. The lowest BCUT2D eigenvalue weighted by molar-refractivity contribution is -0.176. The Hall–Kier alpha value is -7.79. The van der Waals surface area contributed by atoms with Gasteiger partial charge in [-0.15, -0.1) is 11.3 Å². The minimum Gasteiger partial charge on any atom is -0.451 e. The second-order valence-corrected chi connectivity index (χ2v) is 28.2. The summed E-state index contributed by atoms with van der Waals surface area (Å²) >= 11 is 1.42. The summed E-state index contributed by atoms with van der Waals surface area (Å²) in [4.78, 5) is 128. The molecule has 2 saturated carbocycles. The molecule has 23 heteroatoms. The third-order valence-corrected chi connectivity index (χ3v) is 18.3. The molecule has 1 N–H and O–H groups in total. The van der Waals surface area contributed by atoms with Gasteiger partial charge in [0.05, 0.1) is 31.1 Å². The fraction of sp³-hybridized carbons (Fsp3) is 0.586. The number of rotatable bonds is 20. The van der Waals surface area contributed by atoms with Crippen LogP contribution in [-0.2, 0) is 89.8 Å². The van der Waals surface area contributed by atoms with Gasteiger partial charge in [-0.25, -0.2) is 24.2 Å². The number of aromatic nitrogens is 5. The van der Waals surface area contributed by atoms with E-state index in [0.29, 0.717) is 45.9 Å². The summed E-state index contributed by atoms with van der Waals surface area (Å²) in [5, 5.41) is 22.4. The molecule has 4 heterocycles. The lowest BCUT2D eigenvalue weighted by atomic mass is 9.99. The molecule has 1 aliphatic heterocycles. The van der Waals surface area contributed by atoms with Gasteiger partial charge in [0, 0.05) is 70.1 Å². The van der Waals surface area contributed by atoms with Crippen LogP contribution >= 0.6 is 11.3 Å². The number of hydrogen-bond acceptors (Lipinski definition) is 17. The average molecular weight is 1300 g/mol. The van der Waals surface area contributed by atoms with Gasteiger partial charge in [-0.2, -0.15) is 10.2 Å². The van der Waals surface area contributed by atoms with E-state index in [0.717, 1.165) is 57.2 Å². The van der Waals surface area contributed by atoms with Gasteiger partial charge in [0.1, 0.15) is 34.9 Å². The van der Waals surface area contributed by atoms with Gasteiger partial charge in [0.15, 0.2) is 24.4 Å². The van der Waals surface area contributed by atoms with Crippen LogP contribution in [0.1, 0.15) is 172 Å². The number of ether oxygens (including phenoxy) is 4. The van der Waals surface area contributed by atoms with E-state index in [1.165, 1.54) is 64.0 Å². The van der Waals surface area contributed by atoms with Crippen LogP contribution < -0.4 is 0 Å². The Kier molecular flexibility index (Phi) is 24.0. The fourth-order valence-corrected chi connectivity index (χ4v) is 12.4. The summed E-state index contributed by atoms with van der Waals surface area (Å²) in [6.45, 7) is 18.1. The maximum absolute atomic E-state index is 15.2. The van der Waals surface area contributed by atoms with Gasteiger partial charge in [-0.3, -0.25) is 28.5 Å². The average Bonchev–Trinajstić information content (AvgIpc) is 1.67. The smallest absolute Gasteiger partial charge is 0.329 e. The molecule has 5 aromatic rings. The van der Waals surface area contributed by atoms with Crippen molar-refractivity contribution in [1.29, 1.82) is 0 Å². The SMILES string of the molecule is CC(C)C[C@H]1C(=O)O[C@H](Cc2ccc(Cn3nc(C4CC4)cc3C3CC3)cc2)C(=O)N(C)[C@@H](CC(C)C)C(=O)O[C@H](C)C(=O)N(C)[C@@H](CC(C)C)C(=O)O[C@H](Cc2ccc(Cn3nc(-c4nccs4)cc3CO)cc2)C(=O)N(C)[C@@H](CC(C)C)C(=O)O[C@H](C)C(=O)N1C. The predicted octanol–water partition coefficient (Wildman–Crippen LogP) is 8.53. The van der Waals surface area contributed by atoms with E-state index in [2.05, 4.69) is 20.8 Å². The van der Waals surface area contributed by atoms with Crippen molar-refractivity contribution >= 4 is 58.8 Å². The standard InChI is InChI=1S/C70H95N9O13S/c1-40(2)29-56-67(85)89-45(10)64(82)75(12)59(32-43(7)8)70(88)92-61(34-47-17-21-49(22-18-47)38-79-55(51-25-26-51)36-53(72-79)50-23-24-50)66(84)77(14)57(30-41(3)4)68(86)90-44(9)63(81)74(11)58(31-42(5)6)69(87)91-60(65(83)76(56)13)33-46-15-19-48(20-16-46)37-78-52(39-80)35-54(73-78)62-71-27-28-93-62/h15-22,27-28,35-36,40-45,50-51,56-61,80H,23-26,29-34,37-39H2,1-14H3/t44-,45-,56+,57+,58+,59+,60-,61-/m1/s1. The molecule has 2 aromatic carbocycles. The van der Waals surface area contributed by atoms with Gasteiger partial charge in [0.2, 0.25) is 0 Å². The van der Waals surface area contributed by atoms with Gasteiger partial charge in [-0.1, -0.05) is 104 Å². The van der Waals surface area contributed by atoms with Crippen molar-refractivity contribution in [2.24, 2.45) is 23.7 Å². The zero-order valence-electron chi connectivity index (χ0n) is 56.5. The summed E-state index contributed by atoms with van der Waals surface area (Å²) in [6.07, 6.45) is 0.0564. The largest absolute Gasteiger partial charge is 0.451 e. The lowest BCUT2D eigenvalue weighted by Crippen LogP contribution is -2.55. The van der Waals surface area contributed by atoms with Gasteiger partial charge >= 0.3 is 23.9 Å². The number of hydrogen-bond donors (Lipinski definition) is 1. The lowest BCUT2D eigenvalue weighted by Gasteiger charge is -2.35. The minimum atomic E-state index is -1.59. The van der Waals surface area contributed by atoms with Crippen LogP contribution in [0.3, 0.4) is 0 Å². The van der Waals surface area contributed by atoms with Crippen LogP contribution in [0.25, 0.3) is 10.7 Å². The van der Waals surface area contributed by atoms with Crippen molar-refractivity contribution in [3.63, 3.8) is 0 Å². The van der Waals surface area contributed by atoms with Crippen molar-refractivity contribution in [2.75, 3.05) is 28.2 Å². The Morgan fingerprint density at radius 1 is 0.495 bits per heavy atom. The van der Waals surface area contributed by atoms with E-state index in [4.69, 9.17) is 24.0 Å². The Balaban J connectivity index is 1.12. The van der Waals surface area contributed by atoms with E-state index in [9.17, 15) is 33.9 Å². The van der Waals surface area contributed by atoms with E-state index in [-0.39, 0.29) is 75.3 Å². The summed E-state index contributed by atoms with van der Waals surface area (Å²) in [6, 6.07) is 13.6. The molecule has 3 aliphatic rings. The van der Waals surface area contributed by atoms with Crippen LogP contribution in [0.2, 0.25) is 0 Å².